The van der Waals surface area contributed by atoms with Gasteiger partial charge in [-0.25, -0.2) is 22.3 Å². The molecule has 28 heavy (non-hydrogen) atoms. The highest BCUT2D eigenvalue weighted by atomic mass is 32.2. The minimum atomic E-state index is -3.48. The third kappa shape index (κ3) is 3.75. The van der Waals surface area contributed by atoms with E-state index in [-0.39, 0.29) is 33.7 Å². The number of fused-ring (bicyclic) bond motifs is 1. The van der Waals surface area contributed by atoms with Crippen molar-refractivity contribution in [1.29, 1.82) is 0 Å². The second kappa shape index (κ2) is 7.19. The van der Waals surface area contributed by atoms with E-state index in [1.165, 1.54) is 30.3 Å². The van der Waals surface area contributed by atoms with Gasteiger partial charge in [-0.15, -0.1) is 0 Å². The van der Waals surface area contributed by atoms with E-state index < -0.39 is 25.6 Å². The summed E-state index contributed by atoms with van der Waals surface area (Å²) in [5.41, 5.74) is 2.84. The van der Waals surface area contributed by atoms with E-state index in [0.717, 1.165) is 11.8 Å². The molecule has 1 unspecified atom stereocenters. The van der Waals surface area contributed by atoms with Gasteiger partial charge in [-0.2, -0.15) is 0 Å². The molecule has 1 atom stereocenters. The van der Waals surface area contributed by atoms with Gasteiger partial charge < -0.3 is 4.90 Å². The smallest absolute Gasteiger partial charge is 0.274 e. The van der Waals surface area contributed by atoms with Crippen LogP contribution in [0.25, 0.3) is 0 Å². The lowest BCUT2D eigenvalue weighted by atomic mass is 10.1. The molecule has 0 aliphatic carbocycles. The molecule has 2 aromatic carbocycles. The third-order valence-corrected chi connectivity index (χ3v) is 7.69. The van der Waals surface area contributed by atoms with Gasteiger partial charge in [0.25, 0.3) is 5.91 Å². The average Bonchev–Trinajstić information content (AvgIpc) is 2.66. The van der Waals surface area contributed by atoms with Crippen molar-refractivity contribution in [1.82, 2.24) is 5.48 Å². The van der Waals surface area contributed by atoms with E-state index >= 15 is 0 Å². The number of benzene rings is 2. The number of nitrogens with one attached hydrogen (secondary N) is 1. The molecule has 0 aromatic heterocycles. The minimum absolute atomic E-state index is 0.0721. The molecule has 0 bridgehead atoms. The number of carbonyl (C=O) groups excluding carboxylic acids is 1. The fourth-order valence-electron chi connectivity index (χ4n) is 3.24. The van der Waals surface area contributed by atoms with Crippen LogP contribution < -0.4 is 10.4 Å². The summed E-state index contributed by atoms with van der Waals surface area (Å²) in [5.74, 6) is -0.812. The summed E-state index contributed by atoms with van der Waals surface area (Å²) in [6.45, 7) is 2.09. The molecule has 0 saturated carbocycles. The Morgan fingerprint density at radius 2 is 1.82 bits per heavy atom. The van der Waals surface area contributed by atoms with Crippen LogP contribution in [0.2, 0.25) is 0 Å². The van der Waals surface area contributed by atoms with Gasteiger partial charge in [0.15, 0.2) is 19.7 Å². The van der Waals surface area contributed by atoms with Crippen LogP contribution in [0.1, 0.15) is 28.9 Å². The van der Waals surface area contributed by atoms with Crippen LogP contribution >= 0.6 is 0 Å². The fourth-order valence-corrected chi connectivity index (χ4v) is 5.29. The van der Waals surface area contributed by atoms with Crippen LogP contribution in [-0.2, 0) is 19.7 Å². The van der Waals surface area contributed by atoms with Crippen molar-refractivity contribution in [3.8, 4) is 0 Å². The first-order chi connectivity index (χ1) is 13.0. The van der Waals surface area contributed by atoms with Crippen LogP contribution in [0.15, 0.2) is 52.3 Å². The number of rotatable bonds is 4. The zero-order chi connectivity index (χ0) is 20.7. The zero-order valence-corrected chi connectivity index (χ0v) is 16.9. The molecule has 2 N–H and O–H groups in total. The molecule has 3 rings (SSSR count). The van der Waals surface area contributed by atoms with Crippen molar-refractivity contribution in [3.63, 3.8) is 0 Å². The molecule has 150 valence electrons. The molecule has 0 radical (unpaired) electrons. The van der Waals surface area contributed by atoms with E-state index in [1.54, 1.807) is 17.6 Å². The van der Waals surface area contributed by atoms with Gasteiger partial charge >= 0.3 is 0 Å². The molecule has 2 aromatic rings. The highest BCUT2D eigenvalue weighted by Crippen LogP contribution is 2.37. The largest absolute Gasteiger partial charge is 0.363 e. The topological polar surface area (TPSA) is 121 Å². The molecule has 1 aliphatic rings. The Hall–Kier alpha value is -2.43. The van der Waals surface area contributed by atoms with Crippen LogP contribution in [0.5, 0.6) is 0 Å². The summed E-state index contributed by atoms with van der Waals surface area (Å²) in [7, 11) is -6.79. The number of hydrogen-bond donors (Lipinski definition) is 2. The van der Waals surface area contributed by atoms with E-state index in [1.807, 2.05) is 11.8 Å². The van der Waals surface area contributed by atoms with Gasteiger partial charge in [-0.3, -0.25) is 10.0 Å². The SMILES string of the molecule is CC(c1ccc(S(C)(=O)=O)cc1)N1CCS(=O)(=O)c2ccc(C(=O)NO)cc21. The van der Waals surface area contributed by atoms with Crippen molar-refractivity contribution in [2.24, 2.45) is 0 Å². The van der Waals surface area contributed by atoms with E-state index in [2.05, 4.69) is 0 Å². The summed E-state index contributed by atoms with van der Waals surface area (Å²) < 4.78 is 48.2. The normalized spacial score (nSPS) is 16.9. The Kier molecular flexibility index (Phi) is 5.22. The van der Waals surface area contributed by atoms with Crippen LogP contribution in [0.3, 0.4) is 0 Å². The number of amides is 1. The van der Waals surface area contributed by atoms with E-state index in [9.17, 15) is 21.6 Å². The average molecular weight is 425 g/mol. The molecule has 0 saturated heterocycles. The lowest BCUT2D eigenvalue weighted by Crippen LogP contribution is -2.37. The highest BCUT2D eigenvalue weighted by Gasteiger charge is 2.32. The van der Waals surface area contributed by atoms with E-state index in [0.29, 0.717) is 5.69 Å². The molecule has 8 nitrogen and oxygen atoms in total. The lowest BCUT2D eigenvalue weighted by Gasteiger charge is -2.36. The van der Waals surface area contributed by atoms with Crippen molar-refractivity contribution in [2.75, 3.05) is 23.5 Å². The lowest BCUT2D eigenvalue weighted by molar-refractivity contribution is 0.0706. The van der Waals surface area contributed by atoms with Gasteiger partial charge in [0.1, 0.15) is 0 Å². The Labute approximate surface area is 163 Å². The van der Waals surface area contributed by atoms with Gasteiger partial charge in [0.2, 0.25) is 0 Å². The predicted molar refractivity (Wildman–Crippen MR) is 103 cm³/mol. The molecule has 1 amide bonds. The first kappa shape index (κ1) is 20.3. The number of hydroxylamine groups is 1. The maximum absolute atomic E-state index is 12.4. The molecule has 0 fully saturated rings. The Bertz CT molecular complexity index is 1130. The van der Waals surface area contributed by atoms with Gasteiger partial charge in [-0.1, -0.05) is 12.1 Å². The summed E-state index contributed by atoms with van der Waals surface area (Å²) in [4.78, 5) is 13.9. The maximum Gasteiger partial charge on any atom is 0.274 e. The second-order valence-electron chi connectivity index (χ2n) is 6.65. The summed E-state index contributed by atoms with van der Waals surface area (Å²) in [6.07, 6.45) is 1.13. The quantitative estimate of drug-likeness (QED) is 0.564. The number of carbonyl (C=O) groups is 1. The van der Waals surface area contributed by atoms with Crippen molar-refractivity contribution in [3.05, 3.63) is 53.6 Å². The Morgan fingerprint density at radius 1 is 1.18 bits per heavy atom. The fraction of sp³-hybridized carbons (Fsp3) is 0.278. The van der Waals surface area contributed by atoms with Crippen LogP contribution in [-0.4, -0.2) is 46.5 Å². The Balaban J connectivity index is 2.04. The molecule has 0 spiro atoms. The summed E-state index contributed by atoms with van der Waals surface area (Å²) in [5, 5.41) is 8.86. The number of anilines is 1. The van der Waals surface area contributed by atoms with E-state index in [4.69, 9.17) is 5.21 Å². The molecular weight excluding hydrogens is 404 g/mol. The zero-order valence-electron chi connectivity index (χ0n) is 15.3. The van der Waals surface area contributed by atoms with Gasteiger partial charge in [0, 0.05) is 18.4 Å². The third-order valence-electron chi connectivity index (χ3n) is 4.83. The molecule has 1 aliphatic heterocycles. The summed E-state index contributed by atoms with van der Waals surface area (Å²) in [6, 6.07) is 10.3. The monoisotopic (exact) mass is 424 g/mol. The van der Waals surface area contributed by atoms with Crippen LogP contribution in [0, 0.1) is 0 Å². The van der Waals surface area contributed by atoms with Gasteiger partial charge in [-0.05, 0) is 42.8 Å². The van der Waals surface area contributed by atoms with Crippen LogP contribution in [0.4, 0.5) is 5.69 Å². The number of sulfone groups is 2. The first-order valence-electron chi connectivity index (χ1n) is 8.42. The highest BCUT2D eigenvalue weighted by molar-refractivity contribution is 7.91. The molecular formula is C18H20N2O6S2. The van der Waals surface area contributed by atoms with Gasteiger partial charge in [0.05, 0.1) is 27.3 Å². The maximum atomic E-state index is 12.4. The molecule has 10 heteroatoms. The Morgan fingerprint density at radius 3 is 2.39 bits per heavy atom. The standard InChI is InChI=1S/C18H20N2O6S2/c1-12(13-3-6-15(7-4-13)27(2,23)24)20-9-10-28(25,26)17-8-5-14(11-16(17)20)18(21)19-22/h3-8,11-12,22H,9-10H2,1-2H3,(H,19,21). The minimum Gasteiger partial charge on any atom is -0.363 e. The number of nitrogens with zero attached hydrogens (tertiary/aromatic N) is 1. The van der Waals surface area contributed by atoms with Crippen molar-refractivity contribution in [2.45, 2.75) is 22.8 Å². The summed E-state index contributed by atoms with van der Waals surface area (Å²) >= 11 is 0. The number of hydrogen-bond acceptors (Lipinski definition) is 7. The second-order valence-corrected chi connectivity index (χ2v) is 10.7. The first-order valence-corrected chi connectivity index (χ1v) is 12.0. The van der Waals surface area contributed by atoms with Crippen molar-refractivity contribution >= 4 is 31.3 Å². The predicted octanol–water partition coefficient (Wildman–Crippen LogP) is 1.56. The van der Waals surface area contributed by atoms with Crippen molar-refractivity contribution < 1.29 is 26.8 Å². The molecule has 1 heterocycles.